The molecule has 0 aliphatic rings. The van der Waals surface area contributed by atoms with Gasteiger partial charge in [-0.3, -0.25) is 4.79 Å². The quantitative estimate of drug-likeness (QED) is 0.809. The highest BCUT2D eigenvalue weighted by Gasteiger charge is 2.12. The Labute approximate surface area is 104 Å². The second-order valence-electron chi connectivity index (χ2n) is 3.83. The predicted molar refractivity (Wildman–Crippen MR) is 64.2 cm³/mol. The van der Waals surface area contributed by atoms with Crippen LogP contribution in [0.5, 0.6) is 11.5 Å². The van der Waals surface area contributed by atoms with Gasteiger partial charge in [0.15, 0.2) is 11.5 Å². The van der Waals surface area contributed by atoms with Crippen LogP contribution in [0.15, 0.2) is 41.0 Å². The summed E-state index contributed by atoms with van der Waals surface area (Å²) in [5, 5.41) is 0. The Morgan fingerprint density at radius 1 is 1.28 bits per heavy atom. The molecular formula is C14H13FO3. The van der Waals surface area contributed by atoms with Crippen LogP contribution >= 0.6 is 0 Å². The van der Waals surface area contributed by atoms with Gasteiger partial charge in [0.05, 0.1) is 12.7 Å². The van der Waals surface area contributed by atoms with Crippen molar-refractivity contribution in [3.05, 3.63) is 48.2 Å². The average molecular weight is 248 g/mol. The maximum atomic E-state index is 12.7. The first kappa shape index (κ1) is 12.4. The molecule has 1 heterocycles. The molecule has 94 valence electrons. The largest absolute Gasteiger partial charge is 0.465 e. The molecule has 0 aliphatic heterocycles. The molecule has 0 saturated carbocycles. The maximum absolute atomic E-state index is 12.7. The molecule has 4 heteroatoms. The lowest BCUT2D eigenvalue weighted by Gasteiger charge is -2.05. The van der Waals surface area contributed by atoms with Crippen molar-refractivity contribution >= 4 is 5.78 Å². The number of benzene rings is 1. The monoisotopic (exact) mass is 248 g/mol. The van der Waals surface area contributed by atoms with Gasteiger partial charge in [-0.2, -0.15) is 0 Å². The van der Waals surface area contributed by atoms with Crippen molar-refractivity contribution in [1.29, 1.82) is 0 Å². The van der Waals surface area contributed by atoms with Crippen molar-refractivity contribution in [1.82, 2.24) is 0 Å². The molecule has 2 aromatic rings. The van der Waals surface area contributed by atoms with Gasteiger partial charge in [-0.15, -0.1) is 0 Å². The van der Waals surface area contributed by atoms with Gasteiger partial charge in [-0.1, -0.05) is 6.92 Å². The lowest BCUT2D eigenvalue weighted by molar-refractivity contribution is -0.118. The Morgan fingerprint density at radius 2 is 2.00 bits per heavy atom. The minimum absolute atomic E-state index is 0.0777. The number of rotatable bonds is 5. The average Bonchev–Trinajstić information content (AvgIpc) is 2.79. The van der Waals surface area contributed by atoms with Gasteiger partial charge in [0.25, 0.3) is 0 Å². The van der Waals surface area contributed by atoms with E-state index in [-0.39, 0.29) is 18.0 Å². The van der Waals surface area contributed by atoms with Crippen LogP contribution in [0.1, 0.15) is 19.1 Å². The SMILES string of the molecule is CCC(=O)Cc1occc1Oc1ccc(F)cc1. The van der Waals surface area contributed by atoms with Crippen molar-refractivity contribution < 1.29 is 18.3 Å². The molecule has 3 nitrogen and oxygen atoms in total. The maximum Gasteiger partial charge on any atom is 0.169 e. The molecule has 0 spiro atoms. The summed E-state index contributed by atoms with van der Waals surface area (Å²) in [7, 11) is 0. The summed E-state index contributed by atoms with van der Waals surface area (Å²) in [5.41, 5.74) is 0. The predicted octanol–water partition coefficient (Wildman–Crippen LogP) is 3.73. The number of hydrogen-bond donors (Lipinski definition) is 0. The molecule has 0 N–H and O–H groups in total. The molecule has 18 heavy (non-hydrogen) atoms. The lowest BCUT2D eigenvalue weighted by Crippen LogP contribution is -2.00. The molecule has 0 fully saturated rings. The highest BCUT2D eigenvalue weighted by molar-refractivity contribution is 5.80. The van der Waals surface area contributed by atoms with E-state index in [4.69, 9.17) is 9.15 Å². The molecular weight excluding hydrogens is 235 g/mol. The third-order valence-corrected chi connectivity index (χ3v) is 2.50. The summed E-state index contributed by atoms with van der Waals surface area (Å²) in [4.78, 5) is 11.4. The van der Waals surface area contributed by atoms with E-state index in [1.165, 1.54) is 30.5 Å². The number of furan rings is 1. The number of carbonyl (C=O) groups excluding carboxylic acids is 1. The van der Waals surface area contributed by atoms with Crippen LogP contribution in [-0.4, -0.2) is 5.78 Å². The fourth-order valence-electron chi connectivity index (χ4n) is 1.48. The van der Waals surface area contributed by atoms with Crippen molar-refractivity contribution in [2.75, 3.05) is 0 Å². The fraction of sp³-hybridized carbons (Fsp3) is 0.214. The van der Waals surface area contributed by atoms with Crippen molar-refractivity contribution in [2.24, 2.45) is 0 Å². The molecule has 0 bridgehead atoms. The second kappa shape index (κ2) is 5.49. The molecule has 2 rings (SSSR count). The zero-order valence-corrected chi connectivity index (χ0v) is 9.98. The molecule has 0 atom stereocenters. The van der Waals surface area contributed by atoms with Gasteiger partial charge in [0.2, 0.25) is 0 Å². The number of Topliss-reactive ketones (excluding diaryl/α,β-unsaturated/α-hetero) is 1. The van der Waals surface area contributed by atoms with E-state index in [1.54, 1.807) is 13.0 Å². The molecule has 0 amide bonds. The van der Waals surface area contributed by atoms with Gasteiger partial charge < -0.3 is 9.15 Å². The molecule has 0 saturated heterocycles. The van der Waals surface area contributed by atoms with Crippen LogP contribution < -0.4 is 4.74 Å². The summed E-state index contributed by atoms with van der Waals surface area (Å²) in [6, 6.07) is 7.31. The highest BCUT2D eigenvalue weighted by atomic mass is 19.1. The Kier molecular flexibility index (Phi) is 3.77. The van der Waals surface area contributed by atoms with Crippen molar-refractivity contribution in [3.63, 3.8) is 0 Å². The van der Waals surface area contributed by atoms with Crippen molar-refractivity contribution in [2.45, 2.75) is 19.8 Å². The minimum atomic E-state index is -0.323. The van der Waals surface area contributed by atoms with Gasteiger partial charge in [-0.05, 0) is 24.3 Å². The van der Waals surface area contributed by atoms with Crippen LogP contribution in [-0.2, 0) is 11.2 Å². The molecule has 1 aromatic heterocycles. The normalized spacial score (nSPS) is 10.3. The first-order chi connectivity index (χ1) is 8.69. The zero-order chi connectivity index (χ0) is 13.0. The Balaban J connectivity index is 2.12. The van der Waals surface area contributed by atoms with E-state index in [2.05, 4.69) is 0 Å². The number of carbonyl (C=O) groups is 1. The van der Waals surface area contributed by atoms with Crippen LogP contribution in [0.3, 0.4) is 0 Å². The first-order valence-electron chi connectivity index (χ1n) is 5.70. The topological polar surface area (TPSA) is 39.4 Å². The molecule has 0 radical (unpaired) electrons. The smallest absolute Gasteiger partial charge is 0.169 e. The van der Waals surface area contributed by atoms with E-state index in [0.717, 1.165) is 0 Å². The molecule has 0 aliphatic carbocycles. The Morgan fingerprint density at radius 3 is 2.67 bits per heavy atom. The summed E-state index contributed by atoms with van der Waals surface area (Å²) in [6.07, 6.45) is 2.13. The van der Waals surface area contributed by atoms with Crippen LogP contribution in [0.2, 0.25) is 0 Å². The van der Waals surface area contributed by atoms with E-state index >= 15 is 0 Å². The number of ketones is 1. The van der Waals surface area contributed by atoms with E-state index in [0.29, 0.717) is 23.7 Å². The van der Waals surface area contributed by atoms with Gasteiger partial charge in [-0.25, -0.2) is 4.39 Å². The van der Waals surface area contributed by atoms with Crippen LogP contribution in [0.4, 0.5) is 4.39 Å². The fourth-order valence-corrected chi connectivity index (χ4v) is 1.48. The lowest BCUT2D eigenvalue weighted by atomic mass is 10.2. The number of halogens is 1. The van der Waals surface area contributed by atoms with Gasteiger partial charge in [0, 0.05) is 12.5 Å². The summed E-state index contributed by atoms with van der Waals surface area (Å²) in [5.74, 6) is 1.24. The first-order valence-corrected chi connectivity index (χ1v) is 5.70. The van der Waals surface area contributed by atoms with E-state index < -0.39 is 0 Å². The highest BCUT2D eigenvalue weighted by Crippen LogP contribution is 2.27. The van der Waals surface area contributed by atoms with Crippen LogP contribution in [0, 0.1) is 5.82 Å². The van der Waals surface area contributed by atoms with E-state index in [1.807, 2.05) is 0 Å². The summed E-state index contributed by atoms with van der Waals surface area (Å²) < 4.78 is 23.5. The number of ether oxygens (including phenoxy) is 1. The number of hydrogen-bond acceptors (Lipinski definition) is 3. The third-order valence-electron chi connectivity index (χ3n) is 2.50. The Bertz CT molecular complexity index is 528. The second-order valence-corrected chi connectivity index (χ2v) is 3.83. The minimum Gasteiger partial charge on any atom is -0.465 e. The van der Waals surface area contributed by atoms with Gasteiger partial charge >= 0.3 is 0 Å². The summed E-state index contributed by atoms with van der Waals surface area (Å²) in [6.45, 7) is 1.80. The standard InChI is InChI=1S/C14H13FO3/c1-2-11(16)9-14-13(7-8-17-14)18-12-5-3-10(15)4-6-12/h3-8H,2,9H2,1H3. The van der Waals surface area contributed by atoms with E-state index in [9.17, 15) is 9.18 Å². The Hall–Kier alpha value is -2.10. The zero-order valence-electron chi connectivity index (χ0n) is 9.98. The third kappa shape index (κ3) is 2.97. The summed E-state index contributed by atoms with van der Waals surface area (Å²) >= 11 is 0. The van der Waals surface area contributed by atoms with Gasteiger partial charge in [0.1, 0.15) is 17.3 Å². The van der Waals surface area contributed by atoms with Crippen LogP contribution in [0.25, 0.3) is 0 Å². The molecule has 0 unspecified atom stereocenters. The molecule has 1 aromatic carbocycles. The van der Waals surface area contributed by atoms with Crippen molar-refractivity contribution in [3.8, 4) is 11.5 Å².